The van der Waals surface area contributed by atoms with Crippen molar-refractivity contribution >= 4 is 0 Å². The Morgan fingerprint density at radius 2 is 1.95 bits per heavy atom. The molecular formula is C18H27NO2. The lowest BCUT2D eigenvalue weighted by Gasteiger charge is -2.35. The summed E-state index contributed by atoms with van der Waals surface area (Å²) in [6, 6.07) is 6.96. The van der Waals surface area contributed by atoms with Crippen LogP contribution in [0.4, 0.5) is 0 Å². The highest BCUT2D eigenvalue weighted by molar-refractivity contribution is 5.44. The van der Waals surface area contributed by atoms with Crippen LogP contribution in [0, 0.1) is 11.8 Å². The summed E-state index contributed by atoms with van der Waals surface area (Å²) in [6.07, 6.45) is 5.22. The quantitative estimate of drug-likeness (QED) is 0.890. The van der Waals surface area contributed by atoms with Crippen molar-refractivity contribution in [1.29, 1.82) is 0 Å². The minimum absolute atomic E-state index is 0.446. The summed E-state index contributed by atoms with van der Waals surface area (Å²) >= 11 is 0. The molecule has 1 N–H and O–H groups in total. The fourth-order valence-electron chi connectivity index (χ4n) is 3.09. The zero-order valence-corrected chi connectivity index (χ0v) is 13.2. The summed E-state index contributed by atoms with van der Waals surface area (Å²) in [5.41, 5.74) is 1.35. The van der Waals surface area contributed by atoms with Crippen molar-refractivity contribution in [3.63, 3.8) is 0 Å². The van der Waals surface area contributed by atoms with Crippen molar-refractivity contribution < 1.29 is 9.47 Å². The van der Waals surface area contributed by atoms with Gasteiger partial charge < -0.3 is 14.8 Å². The molecule has 0 aromatic heterocycles. The molecule has 1 aliphatic heterocycles. The molecule has 1 aromatic carbocycles. The molecule has 1 heterocycles. The first-order chi connectivity index (χ1) is 10.3. The van der Waals surface area contributed by atoms with Crippen molar-refractivity contribution in [1.82, 2.24) is 5.32 Å². The number of nitrogens with one attached hydrogen (secondary N) is 1. The van der Waals surface area contributed by atoms with Crippen molar-refractivity contribution in [2.75, 3.05) is 19.8 Å². The van der Waals surface area contributed by atoms with Gasteiger partial charge in [-0.05, 0) is 49.4 Å². The van der Waals surface area contributed by atoms with E-state index in [1.165, 1.54) is 31.2 Å². The highest BCUT2D eigenvalue weighted by Crippen LogP contribution is 2.40. The first-order valence-corrected chi connectivity index (χ1v) is 8.41. The van der Waals surface area contributed by atoms with E-state index in [-0.39, 0.29) is 0 Å². The Hall–Kier alpha value is -1.22. The van der Waals surface area contributed by atoms with E-state index in [0.717, 1.165) is 37.2 Å². The van der Waals surface area contributed by atoms with Crippen LogP contribution in [0.3, 0.4) is 0 Å². The Bertz CT molecular complexity index is 470. The second kappa shape index (κ2) is 6.69. The van der Waals surface area contributed by atoms with E-state index in [4.69, 9.17) is 9.47 Å². The predicted octanol–water partition coefficient (Wildman–Crippen LogP) is 3.93. The summed E-state index contributed by atoms with van der Waals surface area (Å²) in [5.74, 6) is 3.03. The van der Waals surface area contributed by atoms with E-state index in [1.54, 1.807) is 0 Å². The van der Waals surface area contributed by atoms with Crippen LogP contribution in [0.1, 0.15) is 51.1 Å². The molecule has 0 radical (unpaired) electrons. The third-order valence-electron chi connectivity index (χ3n) is 4.61. The maximum atomic E-state index is 5.93. The number of rotatable bonds is 5. The molecule has 2 atom stereocenters. The molecule has 1 saturated carbocycles. The van der Waals surface area contributed by atoms with Crippen LogP contribution < -0.4 is 14.8 Å². The van der Waals surface area contributed by atoms with E-state index < -0.39 is 0 Å². The molecule has 0 saturated heterocycles. The van der Waals surface area contributed by atoms with Gasteiger partial charge in [0.1, 0.15) is 0 Å². The number of fused-ring (bicyclic) bond motifs is 1. The van der Waals surface area contributed by atoms with Crippen LogP contribution in [-0.2, 0) is 0 Å². The fraction of sp³-hybridized carbons (Fsp3) is 0.667. The van der Waals surface area contributed by atoms with Crippen LogP contribution in [0.2, 0.25) is 0 Å². The van der Waals surface area contributed by atoms with Gasteiger partial charge in [-0.3, -0.25) is 0 Å². The van der Waals surface area contributed by atoms with Crippen molar-refractivity contribution in [2.24, 2.45) is 11.8 Å². The molecule has 0 amide bonds. The monoisotopic (exact) mass is 289 g/mol. The topological polar surface area (TPSA) is 30.5 Å². The third kappa shape index (κ3) is 3.34. The molecular weight excluding hydrogens is 262 g/mol. The van der Waals surface area contributed by atoms with Gasteiger partial charge in [0.15, 0.2) is 11.5 Å². The average Bonchev–Trinajstić information content (AvgIpc) is 2.63. The van der Waals surface area contributed by atoms with E-state index in [1.807, 2.05) is 0 Å². The van der Waals surface area contributed by atoms with Crippen molar-refractivity contribution in [2.45, 2.75) is 45.6 Å². The molecule has 3 nitrogen and oxygen atoms in total. The molecule has 1 aliphatic carbocycles. The van der Waals surface area contributed by atoms with E-state index in [2.05, 4.69) is 37.4 Å². The average molecular weight is 289 g/mol. The summed E-state index contributed by atoms with van der Waals surface area (Å²) in [5, 5.41) is 3.72. The second-order valence-corrected chi connectivity index (χ2v) is 6.56. The van der Waals surface area contributed by atoms with Crippen molar-refractivity contribution in [3.8, 4) is 11.5 Å². The minimum Gasteiger partial charge on any atom is -0.489 e. The highest BCUT2D eigenvalue weighted by atomic mass is 16.5. The molecule has 1 fully saturated rings. The maximum Gasteiger partial charge on any atom is 0.161 e. The van der Waals surface area contributed by atoms with Gasteiger partial charge in [0, 0.05) is 12.0 Å². The van der Waals surface area contributed by atoms with Gasteiger partial charge in [-0.15, -0.1) is 0 Å². The Labute approximate surface area is 128 Å². The molecule has 1 aromatic rings. The van der Waals surface area contributed by atoms with Gasteiger partial charge in [0.25, 0.3) is 0 Å². The lowest BCUT2D eigenvalue weighted by Crippen LogP contribution is -2.32. The molecule has 3 rings (SSSR count). The smallest absolute Gasteiger partial charge is 0.161 e. The van der Waals surface area contributed by atoms with Crippen LogP contribution in [-0.4, -0.2) is 19.8 Å². The first-order valence-electron chi connectivity index (χ1n) is 8.41. The zero-order chi connectivity index (χ0) is 14.7. The molecule has 0 spiro atoms. The highest BCUT2D eigenvalue weighted by Gasteiger charge is 2.29. The second-order valence-electron chi connectivity index (χ2n) is 6.56. The molecule has 0 bridgehead atoms. The summed E-state index contributed by atoms with van der Waals surface area (Å²) in [4.78, 5) is 0. The minimum atomic E-state index is 0.446. The predicted molar refractivity (Wildman–Crippen MR) is 85.0 cm³/mol. The van der Waals surface area contributed by atoms with Crippen LogP contribution in [0.25, 0.3) is 0 Å². The summed E-state index contributed by atoms with van der Waals surface area (Å²) in [7, 11) is 0. The van der Waals surface area contributed by atoms with Gasteiger partial charge in [-0.2, -0.15) is 0 Å². The normalized spacial score (nSPS) is 23.2. The van der Waals surface area contributed by atoms with Gasteiger partial charge in [0.05, 0.1) is 13.2 Å². The standard InChI is InChI=1S/C18H27NO2/c1-3-9-19-18(14-5-4-6-14)15-7-8-16-17(10-15)21-12-13(2)11-20-16/h7-8,10,13-14,18-19H,3-6,9,11-12H2,1-2H3. The Balaban J connectivity index is 1.80. The fourth-order valence-corrected chi connectivity index (χ4v) is 3.09. The molecule has 2 aliphatic rings. The van der Waals surface area contributed by atoms with Crippen LogP contribution >= 0.6 is 0 Å². The van der Waals surface area contributed by atoms with Gasteiger partial charge >= 0.3 is 0 Å². The summed E-state index contributed by atoms with van der Waals surface area (Å²) < 4.78 is 11.8. The lowest BCUT2D eigenvalue weighted by molar-refractivity contribution is 0.226. The molecule has 21 heavy (non-hydrogen) atoms. The van der Waals surface area contributed by atoms with E-state index in [9.17, 15) is 0 Å². The molecule has 116 valence electrons. The van der Waals surface area contributed by atoms with Crippen molar-refractivity contribution in [3.05, 3.63) is 23.8 Å². The van der Waals surface area contributed by atoms with Gasteiger partial charge in [-0.1, -0.05) is 26.3 Å². The Morgan fingerprint density at radius 3 is 2.62 bits per heavy atom. The maximum absolute atomic E-state index is 5.93. The Kier molecular flexibility index (Phi) is 4.69. The zero-order valence-electron chi connectivity index (χ0n) is 13.2. The number of hydrogen-bond donors (Lipinski definition) is 1. The van der Waals surface area contributed by atoms with E-state index in [0.29, 0.717) is 12.0 Å². The largest absolute Gasteiger partial charge is 0.489 e. The molecule has 2 unspecified atom stereocenters. The number of hydrogen-bond acceptors (Lipinski definition) is 3. The van der Waals surface area contributed by atoms with Gasteiger partial charge in [0.2, 0.25) is 0 Å². The molecule has 3 heteroatoms. The van der Waals surface area contributed by atoms with E-state index >= 15 is 0 Å². The third-order valence-corrected chi connectivity index (χ3v) is 4.61. The van der Waals surface area contributed by atoms with Crippen LogP contribution in [0.5, 0.6) is 11.5 Å². The lowest BCUT2D eigenvalue weighted by atomic mass is 9.77. The SMILES string of the molecule is CCCNC(c1ccc2c(c1)OCC(C)CO2)C1CCC1. The van der Waals surface area contributed by atoms with Gasteiger partial charge in [-0.25, -0.2) is 0 Å². The summed E-state index contributed by atoms with van der Waals surface area (Å²) in [6.45, 7) is 6.94. The van der Waals surface area contributed by atoms with Crippen LogP contribution in [0.15, 0.2) is 18.2 Å². The first kappa shape index (κ1) is 14.7. The number of benzene rings is 1. The number of ether oxygens (including phenoxy) is 2. The Morgan fingerprint density at radius 1 is 1.19 bits per heavy atom.